The Morgan fingerprint density at radius 2 is 1.49 bits per heavy atom. The van der Waals surface area contributed by atoms with E-state index in [0.717, 1.165) is 42.3 Å². The first-order valence-corrected chi connectivity index (χ1v) is 13.5. The molecule has 4 aliphatic rings. The Bertz CT molecular complexity index is 1180. The third kappa shape index (κ3) is 5.21. The molecule has 0 atom stereocenters. The van der Waals surface area contributed by atoms with Crippen LogP contribution in [0, 0.1) is 13.8 Å². The number of hydrogen-bond donors (Lipinski definition) is 0. The Morgan fingerprint density at radius 3 is 2.11 bits per heavy atom. The van der Waals surface area contributed by atoms with Crippen molar-refractivity contribution >= 4 is 11.9 Å². The van der Waals surface area contributed by atoms with Crippen LogP contribution in [0.4, 0.5) is 0 Å². The molecule has 37 heavy (non-hydrogen) atoms. The second-order valence-electron chi connectivity index (χ2n) is 10.1. The van der Waals surface area contributed by atoms with Crippen LogP contribution in [-0.4, -0.2) is 71.7 Å². The van der Waals surface area contributed by atoms with Gasteiger partial charge in [0.2, 0.25) is 11.7 Å². The monoisotopic (exact) mass is 502 g/mol. The van der Waals surface area contributed by atoms with E-state index in [1.807, 2.05) is 18.7 Å². The van der Waals surface area contributed by atoms with Crippen molar-refractivity contribution in [1.82, 2.24) is 14.7 Å². The summed E-state index contributed by atoms with van der Waals surface area (Å²) >= 11 is 0. The topological polar surface area (TPSA) is 57.6 Å². The van der Waals surface area contributed by atoms with Gasteiger partial charge in [-0.05, 0) is 25.0 Å². The number of carbonyl (C=O) groups excluding carboxylic acids is 1. The van der Waals surface area contributed by atoms with E-state index >= 15 is 0 Å². The zero-order chi connectivity index (χ0) is 26.0. The highest BCUT2D eigenvalue weighted by atomic mass is 16.7. The first kappa shape index (κ1) is 25.6. The molecule has 2 aromatic rings. The SMILES string of the molecule is CC.Cc1ccc(CN2CCC3=C(C2)C(=O)N(Cc2ccc(C)cc2)C2=NCC4(CN23)OCCO4)cc1. The number of aliphatic imine (C=N–C) groups is 1. The maximum atomic E-state index is 13.9. The van der Waals surface area contributed by atoms with Gasteiger partial charge in [-0.2, -0.15) is 0 Å². The molecule has 0 saturated carbocycles. The summed E-state index contributed by atoms with van der Waals surface area (Å²) in [5, 5.41) is 0. The Kier molecular flexibility index (Phi) is 7.47. The van der Waals surface area contributed by atoms with E-state index in [9.17, 15) is 4.79 Å². The molecule has 4 aliphatic heterocycles. The second-order valence-corrected chi connectivity index (χ2v) is 10.1. The average Bonchev–Trinajstić information content (AvgIpc) is 3.38. The van der Waals surface area contributed by atoms with Crippen molar-refractivity contribution in [3.8, 4) is 0 Å². The molecule has 1 saturated heterocycles. The van der Waals surface area contributed by atoms with E-state index in [4.69, 9.17) is 14.5 Å². The number of aryl methyl sites for hydroxylation is 2. The smallest absolute Gasteiger partial charge is 0.259 e. The Hall–Kier alpha value is -3.00. The molecule has 4 heterocycles. The lowest BCUT2D eigenvalue weighted by molar-refractivity contribution is -0.160. The first-order valence-electron chi connectivity index (χ1n) is 13.5. The van der Waals surface area contributed by atoms with Crippen molar-refractivity contribution in [2.75, 3.05) is 39.4 Å². The highest BCUT2D eigenvalue weighted by Crippen LogP contribution is 2.36. The summed E-state index contributed by atoms with van der Waals surface area (Å²) in [6, 6.07) is 17.0. The fraction of sp³-hybridized carbons (Fsp3) is 0.467. The molecule has 0 bridgehead atoms. The minimum atomic E-state index is -0.712. The molecule has 0 unspecified atom stereocenters. The summed E-state index contributed by atoms with van der Waals surface area (Å²) < 4.78 is 12.0. The molecule has 196 valence electrons. The van der Waals surface area contributed by atoms with Gasteiger partial charge in [0.25, 0.3) is 5.91 Å². The maximum absolute atomic E-state index is 13.9. The fourth-order valence-corrected chi connectivity index (χ4v) is 5.42. The van der Waals surface area contributed by atoms with Crippen LogP contribution < -0.4 is 0 Å². The molecule has 0 aliphatic carbocycles. The van der Waals surface area contributed by atoms with Gasteiger partial charge < -0.3 is 14.4 Å². The molecule has 1 amide bonds. The molecule has 1 fully saturated rings. The lowest BCUT2D eigenvalue weighted by Crippen LogP contribution is -2.61. The number of amides is 1. The van der Waals surface area contributed by atoms with Crippen LogP contribution in [-0.2, 0) is 27.4 Å². The van der Waals surface area contributed by atoms with Gasteiger partial charge in [-0.3, -0.25) is 14.6 Å². The van der Waals surface area contributed by atoms with Gasteiger partial charge >= 0.3 is 0 Å². The Balaban J connectivity index is 0.00000137. The number of benzene rings is 2. The van der Waals surface area contributed by atoms with Gasteiger partial charge in [0.1, 0.15) is 0 Å². The van der Waals surface area contributed by atoms with Crippen molar-refractivity contribution in [2.24, 2.45) is 4.99 Å². The summed E-state index contributed by atoms with van der Waals surface area (Å²) in [6.45, 7) is 13.2. The van der Waals surface area contributed by atoms with Crippen LogP contribution >= 0.6 is 0 Å². The quantitative estimate of drug-likeness (QED) is 0.626. The Morgan fingerprint density at radius 1 is 0.892 bits per heavy atom. The summed E-state index contributed by atoms with van der Waals surface area (Å²) in [5.41, 5.74) is 6.77. The zero-order valence-corrected chi connectivity index (χ0v) is 22.5. The highest BCUT2D eigenvalue weighted by molar-refractivity contribution is 6.09. The maximum Gasteiger partial charge on any atom is 0.259 e. The van der Waals surface area contributed by atoms with Gasteiger partial charge in [-0.15, -0.1) is 0 Å². The lowest BCUT2D eigenvalue weighted by atomic mass is 9.98. The summed E-state index contributed by atoms with van der Waals surface area (Å²) in [4.78, 5) is 25.2. The van der Waals surface area contributed by atoms with Gasteiger partial charge in [0, 0.05) is 31.8 Å². The van der Waals surface area contributed by atoms with Crippen molar-refractivity contribution in [3.05, 3.63) is 82.1 Å². The van der Waals surface area contributed by atoms with Crippen LogP contribution in [0.25, 0.3) is 0 Å². The lowest BCUT2D eigenvalue weighted by Gasteiger charge is -2.48. The van der Waals surface area contributed by atoms with Crippen LogP contribution in [0.5, 0.6) is 0 Å². The van der Waals surface area contributed by atoms with Crippen LogP contribution in [0.15, 0.2) is 64.8 Å². The summed E-state index contributed by atoms with van der Waals surface area (Å²) in [6.07, 6.45) is 0.806. The summed E-state index contributed by atoms with van der Waals surface area (Å²) in [5.74, 6) is 0.0794. The van der Waals surface area contributed by atoms with Crippen LogP contribution in [0.2, 0.25) is 0 Å². The first-order chi connectivity index (χ1) is 18.0. The van der Waals surface area contributed by atoms with E-state index in [-0.39, 0.29) is 5.91 Å². The molecule has 0 aromatic heterocycles. The van der Waals surface area contributed by atoms with Crippen molar-refractivity contribution in [2.45, 2.75) is 53.0 Å². The van der Waals surface area contributed by atoms with Crippen molar-refractivity contribution in [1.29, 1.82) is 0 Å². The minimum Gasteiger partial charge on any atom is -0.344 e. The number of nitrogens with zero attached hydrogens (tertiary/aromatic N) is 4. The molecular formula is C30H38N4O3. The molecular weight excluding hydrogens is 464 g/mol. The number of ether oxygens (including phenoxy) is 2. The minimum absolute atomic E-state index is 0.0633. The fourth-order valence-electron chi connectivity index (χ4n) is 5.42. The van der Waals surface area contributed by atoms with Gasteiger partial charge in [0.05, 0.1) is 38.4 Å². The van der Waals surface area contributed by atoms with Gasteiger partial charge in [-0.1, -0.05) is 73.5 Å². The molecule has 7 heteroatoms. The van der Waals surface area contributed by atoms with E-state index in [2.05, 4.69) is 72.2 Å². The van der Waals surface area contributed by atoms with E-state index < -0.39 is 5.79 Å². The standard InChI is InChI=1S/C28H32N4O3.C2H6/c1-20-3-7-22(8-4-20)15-30-12-11-25-24(17-30)26(33)31(16-23-9-5-21(2)6-10-23)27-29-18-28(19-32(25)27)34-13-14-35-28;1-2/h3-10H,11-19H2,1-2H3;1-2H3. The predicted molar refractivity (Wildman–Crippen MR) is 145 cm³/mol. The Labute approximate surface area is 220 Å². The molecule has 7 nitrogen and oxygen atoms in total. The number of rotatable bonds is 4. The third-order valence-corrected chi connectivity index (χ3v) is 7.37. The van der Waals surface area contributed by atoms with Gasteiger partial charge in [-0.25, -0.2) is 4.99 Å². The van der Waals surface area contributed by atoms with Gasteiger partial charge in [0.15, 0.2) is 0 Å². The molecule has 0 radical (unpaired) electrons. The average molecular weight is 503 g/mol. The van der Waals surface area contributed by atoms with Crippen LogP contribution in [0.1, 0.15) is 42.5 Å². The van der Waals surface area contributed by atoms with E-state index in [1.54, 1.807) is 0 Å². The zero-order valence-electron chi connectivity index (χ0n) is 22.5. The molecule has 6 rings (SSSR count). The molecule has 2 aromatic carbocycles. The van der Waals surface area contributed by atoms with Crippen molar-refractivity contribution in [3.63, 3.8) is 0 Å². The predicted octanol–water partition coefficient (Wildman–Crippen LogP) is 4.25. The normalized spacial score (nSPS) is 20.9. The number of fused-ring (bicyclic) bond motifs is 2. The number of carbonyl (C=O) groups is 1. The van der Waals surface area contributed by atoms with Crippen molar-refractivity contribution < 1.29 is 14.3 Å². The molecule has 1 spiro atoms. The summed E-state index contributed by atoms with van der Waals surface area (Å²) in [7, 11) is 0. The number of guanidine groups is 1. The van der Waals surface area contributed by atoms with E-state index in [1.165, 1.54) is 16.7 Å². The van der Waals surface area contributed by atoms with E-state index in [0.29, 0.717) is 39.4 Å². The largest absolute Gasteiger partial charge is 0.344 e. The molecule has 0 N–H and O–H groups in total. The van der Waals surface area contributed by atoms with Crippen LogP contribution in [0.3, 0.4) is 0 Å². The second kappa shape index (κ2) is 10.8. The highest BCUT2D eigenvalue weighted by Gasteiger charge is 2.48. The number of hydrogen-bond acceptors (Lipinski definition) is 6. The third-order valence-electron chi connectivity index (χ3n) is 7.37.